The zero-order valence-electron chi connectivity index (χ0n) is 13.6. The standard InChI is InChI=1S/C19H16Cl2N2O2/c1-25-18-14(21)7-6-13(20)17(18)19(24)23-9-8-16-12(10-23)11-4-2-3-5-15(11)22-16/h2-7,22H,8-10H2,1H3. The molecule has 0 atom stereocenters. The number of amides is 1. The van der Waals surface area contributed by atoms with Gasteiger partial charge in [-0.1, -0.05) is 41.4 Å². The number of aromatic nitrogens is 1. The molecule has 0 radical (unpaired) electrons. The lowest BCUT2D eigenvalue weighted by molar-refractivity contribution is 0.0732. The average molecular weight is 375 g/mol. The van der Waals surface area contributed by atoms with Gasteiger partial charge in [0, 0.05) is 41.7 Å². The number of fused-ring (bicyclic) bond motifs is 3. The first kappa shape index (κ1) is 16.3. The third-order valence-corrected chi connectivity index (χ3v) is 5.26. The lowest BCUT2D eigenvalue weighted by Crippen LogP contribution is -2.36. The van der Waals surface area contributed by atoms with Crippen LogP contribution in [0.1, 0.15) is 21.6 Å². The summed E-state index contributed by atoms with van der Waals surface area (Å²) in [7, 11) is 1.49. The average Bonchev–Trinajstić information content (AvgIpc) is 3.00. The predicted molar refractivity (Wildman–Crippen MR) is 99.8 cm³/mol. The number of methoxy groups -OCH3 is 1. The van der Waals surface area contributed by atoms with Crippen LogP contribution in [0.25, 0.3) is 10.9 Å². The second-order valence-electron chi connectivity index (χ2n) is 6.04. The Morgan fingerprint density at radius 1 is 1.16 bits per heavy atom. The van der Waals surface area contributed by atoms with E-state index in [4.69, 9.17) is 27.9 Å². The van der Waals surface area contributed by atoms with Crippen LogP contribution < -0.4 is 4.74 Å². The normalized spacial score (nSPS) is 13.8. The van der Waals surface area contributed by atoms with Gasteiger partial charge in [-0.25, -0.2) is 0 Å². The van der Waals surface area contributed by atoms with Crippen LogP contribution in [0.4, 0.5) is 0 Å². The van der Waals surface area contributed by atoms with Gasteiger partial charge in [-0.2, -0.15) is 0 Å². The Labute approximate surface area is 155 Å². The van der Waals surface area contributed by atoms with Crippen molar-refractivity contribution in [3.05, 3.63) is 63.3 Å². The SMILES string of the molecule is COc1c(Cl)ccc(Cl)c1C(=O)N1CCc2[nH]c3ccccc3c2C1. The van der Waals surface area contributed by atoms with E-state index in [1.165, 1.54) is 12.8 Å². The summed E-state index contributed by atoms with van der Waals surface area (Å²) < 4.78 is 5.32. The van der Waals surface area contributed by atoms with Gasteiger partial charge < -0.3 is 14.6 Å². The van der Waals surface area contributed by atoms with Crippen molar-refractivity contribution < 1.29 is 9.53 Å². The molecule has 1 N–H and O–H groups in total. The smallest absolute Gasteiger partial charge is 0.259 e. The molecule has 2 aromatic carbocycles. The number of halogens is 2. The molecule has 2 heterocycles. The summed E-state index contributed by atoms with van der Waals surface area (Å²) in [5.74, 6) is 0.157. The monoisotopic (exact) mass is 374 g/mol. The van der Waals surface area contributed by atoms with Crippen LogP contribution in [0.3, 0.4) is 0 Å². The highest BCUT2D eigenvalue weighted by Gasteiger charge is 2.28. The first-order valence-electron chi connectivity index (χ1n) is 8.00. The number of H-pyrrole nitrogens is 1. The summed E-state index contributed by atoms with van der Waals surface area (Å²) in [6, 6.07) is 11.4. The second-order valence-corrected chi connectivity index (χ2v) is 6.86. The van der Waals surface area contributed by atoms with Crippen molar-refractivity contribution in [1.82, 2.24) is 9.88 Å². The van der Waals surface area contributed by atoms with Crippen LogP contribution in [0.5, 0.6) is 5.75 Å². The van der Waals surface area contributed by atoms with Gasteiger partial charge in [0.25, 0.3) is 5.91 Å². The molecule has 0 unspecified atom stereocenters. The summed E-state index contributed by atoms with van der Waals surface area (Å²) in [5.41, 5.74) is 3.77. The molecule has 4 nitrogen and oxygen atoms in total. The lowest BCUT2D eigenvalue weighted by Gasteiger charge is -2.28. The van der Waals surface area contributed by atoms with Gasteiger partial charge in [0.1, 0.15) is 5.56 Å². The first-order valence-corrected chi connectivity index (χ1v) is 8.75. The number of rotatable bonds is 2. The molecule has 4 rings (SSSR count). The van der Waals surface area contributed by atoms with E-state index in [0.29, 0.717) is 34.4 Å². The molecule has 3 aromatic rings. The van der Waals surface area contributed by atoms with E-state index in [0.717, 1.165) is 22.9 Å². The number of aromatic amines is 1. The number of hydrogen-bond acceptors (Lipinski definition) is 2. The highest BCUT2D eigenvalue weighted by Crippen LogP contribution is 2.36. The summed E-state index contributed by atoms with van der Waals surface area (Å²) in [4.78, 5) is 18.4. The Bertz CT molecular complexity index is 981. The summed E-state index contributed by atoms with van der Waals surface area (Å²) >= 11 is 12.4. The maximum absolute atomic E-state index is 13.1. The zero-order valence-corrected chi connectivity index (χ0v) is 15.1. The van der Waals surface area contributed by atoms with Crippen molar-refractivity contribution in [3.8, 4) is 5.75 Å². The minimum atomic E-state index is -0.166. The molecule has 1 amide bonds. The molecule has 25 heavy (non-hydrogen) atoms. The maximum Gasteiger partial charge on any atom is 0.259 e. The van der Waals surface area contributed by atoms with Crippen LogP contribution in [0.2, 0.25) is 10.0 Å². The van der Waals surface area contributed by atoms with Gasteiger partial charge >= 0.3 is 0 Å². The van der Waals surface area contributed by atoms with Crippen molar-refractivity contribution in [3.63, 3.8) is 0 Å². The fraction of sp³-hybridized carbons (Fsp3) is 0.211. The van der Waals surface area contributed by atoms with Crippen molar-refractivity contribution >= 4 is 40.0 Å². The quantitative estimate of drug-likeness (QED) is 0.707. The zero-order chi connectivity index (χ0) is 17.6. The fourth-order valence-electron chi connectivity index (χ4n) is 3.43. The Morgan fingerprint density at radius 2 is 1.92 bits per heavy atom. The molecular formula is C19H16Cl2N2O2. The molecule has 0 spiro atoms. The van der Waals surface area contributed by atoms with E-state index in [9.17, 15) is 4.79 Å². The van der Waals surface area contributed by atoms with E-state index >= 15 is 0 Å². The number of benzene rings is 2. The minimum Gasteiger partial charge on any atom is -0.494 e. The predicted octanol–water partition coefficient (Wildman–Crippen LogP) is 4.68. The number of hydrogen-bond donors (Lipinski definition) is 1. The largest absolute Gasteiger partial charge is 0.494 e. The molecule has 0 bridgehead atoms. The number of nitrogens with one attached hydrogen (secondary N) is 1. The highest BCUT2D eigenvalue weighted by molar-refractivity contribution is 6.37. The molecule has 1 aromatic heterocycles. The Morgan fingerprint density at radius 3 is 2.72 bits per heavy atom. The number of ether oxygens (including phenoxy) is 1. The van der Waals surface area contributed by atoms with Crippen LogP contribution in [0, 0.1) is 0 Å². The van der Waals surface area contributed by atoms with Gasteiger partial charge in [0.15, 0.2) is 5.75 Å². The number of para-hydroxylation sites is 1. The van der Waals surface area contributed by atoms with Gasteiger partial charge in [0.05, 0.1) is 17.2 Å². The Balaban J connectivity index is 1.73. The van der Waals surface area contributed by atoms with Crippen LogP contribution in [-0.4, -0.2) is 29.4 Å². The molecule has 1 aliphatic rings. The summed E-state index contributed by atoms with van der Waals surface area (Å²) in [6.07, 6.45) is 0.774. The number of carbonyl (C=O) groups is 1. The summed E-state index contributed by atoms with van der Waals surface area (Å²) in [5, 5.41) is 1.87. The summed E-state index contributed by atoms with van der Waals surface area (Å²) in [6.45, 7) is 1.15. The Hall–Kier alpha value is -2.17. The molecule has 0 saturated carbocycles. The van der Waals surface area contributed by atoms with Crippen LogP contribution >= 0.6 is 23.2 Å². The number of carbonyl (C=O) groups excluding carboxylic acids is 1. The van der Waals surface area contributed by atoms with Crippen LogP contribution in [-0.2, 0) is 13.0 Å². The van der Waals surface area contributed by atoms with E-state index in [1.54, 1.807) is 17.0 Å². The second kappa shape index (κ2) is 6.28. The van der Waals surface area contributed by atoms with Gasteiger partial charge in [0.2, 0.25) is 0 Å². The molecule has 1 aliphatic heterocycles. The maximum atomic E-state index is 13.1. The van der Waals surface area contributed by atoms with Crippen LogP contribution in [0.15, 0.2) is 36.4 Å². The van der Waals surface area contributed by atoms with E-state index < -0.39 is 0 Å². The van der Waals surface area contributed by atoms with E-state index in [-0.39, 0.29) is 5.91 Å². The Kier molecular flexibility index (Phi) is 4.10. The van der Waals surface area contributed by atoms with Crippen molar-refractivity contribution in [1.29, 1.82) is 0 Å². The number of nitrogens with zero attached hydrogens (tertiary/aromatic N) is 1. The molecule has 128 valence electrons. The van der Waals surface area contributed by atoms with Crippen molar-refractivity contribution in [2.45, 2.75) is 13.0 Å². The van der Waals surface area contributed by atoms with E-state index in [1.807, 2.05) is 12.1 Å². The minimum absolute atomic E-state index is 0.166. The third-order valence-electron chi connectivity index (χ3n) is 4.65. The molecule has 0 aliphatic carbocycles. The third kappa shape index (κ3) is 2.66. The van der Waals surface area contributed by atoms with Gasteiger partial charge in [-0.3, -0.25) is 4.79 Å². The highest BCUT2D eigenvalue weighted by atomic mass is 35.5. The first-order chi connectivity index (χ1) is 12.1. The molecular weight excluding hydrogens is 359 g/mol. The molecule has 0 fully saturated rings. The fourth-order valence-corrected chi connectivity index (χ4v) is 3.89. The molecule has 6 heteroatoms. The topological polar surface area (TPSA) is 45.3 Å². The van der Waals surface area contributed by atoms with Crippen molar-refractivity contribution in [2.75, 3.05) is 13.7 Å². The molecule has 0 saturated heterocycles. The van der Waals surface area contributed by atoms with Gasteiger partial charge in [-0.15, -0.1) is 0 Å². The van der Waals surface area contributed by atoms with Gasteiger partial charge in [-0.05, 0) is 18.2 Å². The lowest BCUT2D eigenvalue weighted by atomic mass is 10.0. The van der Waals surface area contributed by atoms with Crippen molar-refractivity contribution in [2.24, 2.45) is 0 Å². The van der Waals surface area contributed by atoms with E-state index in [2.05, 4.69) is 17.1 Å².